The number of benzene rings is 2. The standard InChI is InChI=1S/C22H24N4O3/c1-25(2)18-13-26(17-10-8-16(9-11-17)21(23)24)22(29)20(18)15-6-3-14(4-7-15)5-12-19(27)28/h3-4,6-11H,5,12-13H2,1-2H3,(H3,23,24)(H,27,28). The summed E-state index contributed by atoms with van der Waals surface area (Å²) >= 11 is 0. The van der Waals surface area contributed by atoms with Crippen molar-refractivity contribution in [2.75, 3.05) is 25.5 Å². The van der Waals surface area contributed by atoms with Gasteiger partial charge < -0.3 is 20.6 Å². The second kappa shape index (κ2) is 8.18. The zero-order chi connectivity index (χ0) is 21.1. The molecule has 1 aliphatic rings. The van der Waals surface area contributed by atoms with E-state index in [1.807, 2.05) is 43.3 Å². The fraction of sp³-hybridized carbons (Fsp3) is 0.227. The van der Waals surface area contributed by atoms with Crippen molar-refractivity contribution in [3.8, 4) is 0 Å². The molecule has 1 aliphatic heterocycles. The van der Waals surface area contributed by atoms with Crippen LogP contribution in [0.3, 0.4) is 0 Å². The van der Waals surface area contributed by atoms with Crippen LogP contribution in [0.4, 0.5) is 5.69 Å². The topological polar surface area (TPSA) is 111 Å². The number of nitrogens with zero attached hydrogens (tertiary/aromatic N) is 2. The Morgan fingerprint density at radius 2 is 1.76 bits per heavy atom. The van der Waals surface area contributed by atoms with Crippen molar-refractivity contribution in [1.29, 1.82) is 5.41 Å². The number of carbonyl (C=O) groups excluding carboxylic acids is 1. The van der Waals surface area contributed by atoms with Crippen LogP contribution in [0.2, 0.25) is 0 Å². The van der Waals surface area contributed by atoms with Crippen LogP contribution in [-0.4, -0.2) is 48.4 Å². The molecule has 1 heterocycles. The Morgan fingerprint density at radius 1 is 1.14 bits per heavy atom. The van der Waals surface area contributed by atoms with Gasteiger partial charge in [0.25, 0.3) is 5.91 Å². The number of aliphatic carboxylic acids is 1. The molecule has 0 atom stereocenters. The maximum absolute atomic E-state index is 13.2. The zero-order valence-electron chi connectivity index (χ0n) is 16.5. The van der Waals surface area contributed by atoms with Crippen LogP contribution < -0.4 is 10.6 Å². The molecule has 0 saturated heterocycles. The second-order valence-corrected chi connectivity index (χ2v) is 7.16. The van der Waals surface area contributed by atoms with E-state index in [0.29, 0.717) is 24.1 Å². The van der Waals surface area contributed by atoms with Gasteiger partial charge in [-0.2, -0.15) is 0 Å². The molecule has 150 valence electrons. The summed E-state index contributed by atoms with van der Waals surface area (Å²) in [5, 5.41) is 16.3. The maximum Gasteiger partial charge on any atom is 0.303 e. The molecule has 0 spiro atoms. The third-order valence-electron chi connectivity index (χ3n) is 4.96. The first-order valence-corrected chi connectivity index (χ1v) is 9.26. The predicted octanol–water partition coefficient (Wildman–Crippen LogP) is 2.31. The highest BCUT2D eigenvalue weighted by atomic mass is 16.4. The largest absolute Gasteiger partial charge is 0.481 e. The summed E-state index contributed by atoms with van der Waals surface area (Å²) in [6.07, 6.45) is 0.533. The van der Waals surface area contributed by atoms with Crippen molar-refractivity contribution in [2.24, 2.45) is 5.73 Å². The number of nitrogens with one attached hydrogen (secondary N) is 1. The van der Waals surface area contributed by atoms with E-state index >= 15 is 0 Å². The molecule has 0 aromatic heterocycles. The maximum atomic E-state index is 13.2. The predicted molar refractivity (Wildman–Crippen MR) is 113 cm³/mol. The van der Waals surface area contributed by atoms with Gasteiger partial charge in [-0.1, -0.05) is 24.3 Å². The van der Waals surface area contributed by atoms with Crippen LogP contribution in [0.5, 0.6) is 0 Å². The first kappa shape index (κ1) is 20.1. The van der Waals surface area contributed by atoms with Gasteiger partial charge in [0.05, 0.1) is 12.1 Å². The van der Waals surface area contributed by atoms with Gasteiger partial charge in [0.15, 0.2) is 0 Å². The molecule has 2 aromatic rings. The van der Waals surface area contributed by atoms with Crippen LogP contribution in [0.25, 0.3) is 5.57 Å². The van der Waals surface area contributed by atoms with Crippen molar-refractivity contribution in [3.63, 3.8) is 0 Å². The molecule has 4 N–H and O–H groups in total. The SMILES string of the molecule is CN(C)C1=C(c2ccc(CCC(=O)O)cc2)C(=O)N(c2ccc(C(=N)N)cc2)C1. The summed E-state index contributed by atoms with van der Waals surface area (Å²) in [5.74, 6) is -0.938. The third-order valence-corrected chi connectivity index (χ3v) is 4.96. The van der Waals surface area contributed by atoms with E-state index in [1.165, 1.54) is 0 Å². The van der Waals surface area contributed by atoms with Crippen LogP contribution in [0.15, 0.2) is 54.2 Å². The van der Waals surface area contributed by atoms with Crippen molar-refractivity contribution in [1.82, 2.24) is 4.90 Å². The number of nitrogen functional groups attached to an aromatic ring is 1. The molecule has 2 aromatic carbocycles. The lowest BCUT2D eigenvalue weighted by Gasteiger charge is -2.19. The van der Waals surface area contributed by atoms with E-state index in [2.05, 4.69) is 0 Å². The Morgan fingerprint density at radius 3 is 2.28 bits per heavy atom. The Kier molecular flexibility index (Phi) is 5.68. The van der Waals surface area contributed by atoms with Crippen molar-refractivity contribution < 1.29 is 14.7 Å². The van der Waals surface area contributed by atoms with Gasteiger partial charge in [-0.15, -0.1) is 0 Å². The third kappa shape index (κ3) is 4.29. The van der Waals surface area contributed by atoms with Crippen molar-refractivity contribution in [2.45, 2.75) is 12.8 Å². The number of carboxylic acids is 1. The number of aryl methyl sites for hydroxylation is 1. The zero-order valence-corrected chi connectivity index (χ0v) is 16.5. The lowest BCUT2D eigenvalue weighted by molar-refractivity contribution is -0.137. The fourth-order valence-corrected chi connectivity index (χ4v) is 3.33. The molecule has 7 heteroatoms. The molecule has 0 aliphatic carbocycles. The van der Waals surface area contributed by atoms with E-state index < -0.39 is 5.97 Å². The van der Waals surface area contributed by atoms with Crippen LogP contribution in [0, 0.1) is 5.41 Å². The van der Waals surface area contributed by atoms with Crippen LogP contribution in [0.1, 0.15) is 23.1 Å². The molecule has 0 fully saturated rings. The minimum absolute atomic E-state index is 0.0138. The lowest BCUT2D eigenvalue weighted by Crippen LogP contribution is -2.27. The molecular weight excluding hydrogens is 368 g/mol. The van der Waals surface area contributed by atoms with Gasteiger partial charge in [0.2, 0.25) is 0 Å². The van der Waals surface area contributed by atoms with Gasteiger partial charge in [0, 0.05) is 37.5 Å². The Hall–Kier alpha value is -3.61. The summed E-state index contributed by atoms with van der Waals surface area (Å²) < 4.78 is 0. The van der Waals surface area contributed by atoms with Crippen molar-refractivity contribution in [3.05, 3.63) is 70.9 Å². The number of hydrogen-bond acceptors (Lipinski definition) is 4. The molecule has 7 nitrogen and oxygen atoms in total. The molecule has 1 amide bonds. The average molecular weight is 392 g/mol. The average Bonchev–Trinajstić information content (AvgIpc) is 3.04. The summed E-state index contributed by atoms with van der Waals surface area (Å²) in [4.78, 5) is 27.6. The number of amidine groups is 1. The first-order valence-electron chi connectivity index (χ1n) is 9.26. The summed E-state index contributed by atoms with van der Waals surface area (Å²) in [6, 6.07) is 14.5. The molecule has 0 unspecified atom stereocenters. The minimum atomic E-state index is -0.830. The Balaban J connectivity index is 1.88. The lowest BCUT2D eigenvalue weighted by atomic mass is 10.0. The highest BCUT2D eigenvalue weighted by Crippen LogP contribution is 2.33. The van der Waals surface area contributed by atoms with Crippen LogP contribution in [-0.2, 0) is 16.0 Å². The molecule has 3 rings (SSSR count). The van der Waals surface area contributed by atoms with E-state index in [-0.39, 0.29) is 18.2 Å². The monoisotopic (exact) mass is 392 g/mol. The van der Waals surface area contributed by atoms with E-state index in [0.717, 1.165) is 22.5 Å². The van der Waals surface area contributed by atoms with Crippen molar-refractivity contribution >= 4 is 29.0 Å². The van der Waals surface area contributed by atoms with Gasteiger partial charge >= 0.3 is 5.97 Å². The number of likely N-dealkylation sites (N-methyl/N-ethyl adjacent to an activating group) is 1. The van der Waals surface area contributed by atoms with E-state index in [9.17, 15) is 9.59 Å². The molecular formula is C22H24N4O3. The molecule has 0 saturated carbocycles. The second-order valence-electron chi connectivity index (χ2n) is 7.16. The van der Waals surface area contributed by atoms with E-state index in [4.69, 9.17) is 16.2 Å². The fourth-order valence-electron chi connectivity index (χ4n) is 3.33. The molecule has 0 bridgehead atoms. The summed E-state index contributed by atoms with van der Waals surface area (Å²) in [5.41, 5.74) is 10.1. The first-order chi connectivity index (χ1) is 13.8. The smallest absolute Gasteiger partial charge is 0.303 e. The quantitative estimate of drug-likeness (QED) is 0.495. The molecule has 29 heavy (non-hydrogen) atoms. The highest BCUT2D eigenvalue weighted by molar-refractivity contribution is 6.29. The summed E-state index contributed by atoms with van der Waals surface area (Å²) in [6.45, 7) is 0.446. The highest BCUT2D eigenvalue weighted by Gasteiger charge is 2.33. The number of hydrogen-bond donors (Lipinski definition) is 3. The Labute approximate surface area is 169 Å². The minimum Gasteiger partial charge on any atom is -0.481 e. The van der Waals surface area contributed by atoms with Gasteiger partial charge in [-0.05, 0) is 41.8 Å². The number of anilines is 1. The number of amides is 1. The van der Waals surface area contributed by atoms with Gasteiger partial charge in [-0.3, -0.25) is 15.0 Å². The number of carboxylic acid groups (broad SMARTS) is 1. The number of nitrogens with two attached hydrogens (primary N) is 1. The normalized spacial score (nSPS) is 13.7. The van der Waals surface area contributed by atoms with Crippen LogP contribution >= 0.6 is 0 Å². The van der Waals surface area contributed by atoms with Gasteiger partial charge in [-0.25, -0.2) is 0 Å². The van der Waals surface area contributed by atoms with Gasteiger partial charge in [0.1, 0.15) is 5.84 Å². The summed E-state index contributed by atoms with van der Waals surface area (Å²) in [7, 11) is 3.82. The Bertz CT molecular complexity index is 976. The number of rotatable bonds is 7. The van der Waals surface area contributed by atoms with E-state index in [1.54, 1.807) is 29.2 Å². The molecule has 0 radical (unpaired) electrons. The number of carbonyl (C=O) groups is 2.